The molecule has 1 atom stereocenters. The second-order valence-electron chi connectivity index (χ2n) is 10.6. The maximum atomic E-state index is 13.9. The number of fused-ring (bicyclic) bond motifs is 1. The van der Waals surface area contributed by atoms with Crippen LogP contribution in [-0.2, 0) is 21.2 Å². The molecule has 3 aromatic carbocycles. The van der Waals surface area contributed by atoms with E-state index in [2.05, 4.69) is 15.6 Å². The molecule has 220 valence electrons. The summed E-state index contributed by atoms with van der Waals surface area (Å²) in [6.07, 6.45) is 2.98. The van der Waals surface area contributed by atoms with Gasteiger partial charge in [0.1, 0.15) is 11.9 Å². The molecular formula is C32H36N4O5S. The summed E-state index contributed by atoms with van der Waals surface area (Å²) < 4.78 is 37.9. The molecule has 5 rings (SSSR count). The second-order valence-corrected chi connectivity index (χ2v) is 12.8. The van der Waals surface area contributed by atoms with E-state index in [1.54, 1.807) is 48.7 Å². The number of amides is 1. The van der Waals surface area contributed by atoms with Gasteiger partial charge in [-0.1, -0.05) is 30.3 Å². The lowest BCUT2D eigenvalue weighted by Crippen LogP contribution is -2.33. The Morgan fingerprint density at radius 1 is 1.02 bits per heavy atom. The van der Waals surface area contributed by atoms with Crippen LogP contribution < -0.4 is 25.8 Å². The van der Waals surface area contributed by atoms with Gasteiger partial charge in [-0.2, -0.15) is 0 Å². The number of carbonyl (C=O) groups is 1. The first kappa shape index (κ1) is 29.2. The maximum absolute atomic E-state index is 13.9. The van der Waals surface area contributed by atoms with Gasteiger partial charge in [-0.15, -0.1) is 0 Å². The third-order valence-electron chi connectivity index (χ3n) is 6.98. The van der Waals surface area contributed by atoms with Crippen molar-refractivity contribution in [2.24, 2.45) is 0 Å². The van der Waals surface area contributed by atoms with Gasteiger partial charge in [0.2, 0.25) is 5.91 Å². The molecule has 0 bridgehead atoms. The van der Waals surface area contributed by atoms with Crippen molar-refractivity contribution in [3.05, 3.63) is 84.1 Å². The van der Waals surface area contributed by atoms with Crippen molar-refractivity contribution < 1.29 is 22.7 Å². The zero-order valence-corrected chi connectivity index (χ0v) is 24.8. The number of aromatic nitrogens is 1. The number of carbonyl (C=O) groups excluding carboxylic acids is 1. The van der Waals surface area contributed by atoms with Crippen LogP contribution >= 0.6 is 0 Å². The highest BCUT2D eigenvalue weighted by molar-refractivity contribution is 7.92. The van der Waals surface area contributed by atoms with Crippen molar-refractivity contribution in [3.63, 3.8) is 0 Å². The Morgan fingerprint density at radius 3 is 2.55 bits per heavy atom. The fraction of sp³-hybridized carbons (Fsp3) is 0.312. The van der Waals surface area contributed by atoms with E-state index in [0.29, 0.717) is 53.6 Å². The van der Waals surface area contributed by atoms with E-state index in [9.17, 15) is 13.2 Å². The van der Waals surface area contributed by atoms with Crippen molar-refractivity contribution in [3.8, 4) is 11.5 Å². The van der Waals surface area contributed by atoms with Crippen LogP contribution in [0.2, 0.25) is 0 Å². The molecule has 0 saturated heterocycles. The SMILES string of the molecule is CCOc1cc(C(Nc2ccc3cnc(N)cc3c2)C(=O)NCc2ccccc2S(=O)(=O)C2CC2)ccc1OC(C)C. The van der Waals surface area contributed by atoms with E-state index < -0.39 is 15.9 Å². The molecule has 1 fully saturated rings. The van der Waals surface area contributed by atoms with Crippen molar-refractivity contribution in [1.82, 2.24) is 10.3 Å². The minimum atomic E-state index is -3.43. The van der Waals surface area contributed by atoms with E-state index in [-0.39, 0.29) is 28.7 Å². The molecular weight excluding hydrogens is 552 g/mol. The number of pyridine rings is 1. The number of anilines is 2. The number of nitrogen functional groups attached to an aromatic ring is 1. The number of nitrogens with one attached hydrogen (secondary N) is 2. The van der Waals surface area contributed by atoms with E-state index >= 15 is 0 Å². The molecule has 42 heavy (non-hydrogen) atoms. The third-order valence-corrected chi connectivity index (χ3v) is 9.34. The largest absolute Gasteiger partial charge is 0.490 e. The Hall–Kier alpha value is -4.31. The first-order chi connectivity index (χ1) is 20.2. The third kappa shape index (κ3) is 6.60. The molecule has 1 unspecified atom stereocenters. The fourth-order valence-corrected chi connectivity index (χ4v) is 6.70. The Labute approximate surface area is 246 Å². The van der Waals surface area contributed by atoms with Crippen LogP contribution in [0.15, 0.2) is 77.8 Å². The van der Waals surface area contributed by atoms with Crippen molar-refractivity contribution in [1.29, 1.82) is 0 Å². The highest BCUT2D eigenvalue weighted by Gasteiger charge is 2.38. The van der Waals surface area contributed by atoms with Crippen molar-refractivity contribution >= 4 is 38.0 Å². The number of hydrogen-bond acceptors (Lipinski definition) is 8. The lowest BCUT2D eigenvalue weighted by atomic mass is 10.0. The van der Waals surface area contributed by atoms with E-state index in [4.69, 9.17) is 15.2 Å². The lowest BCUT2D eigenvalue weighted by molar-refractivity contribution is -0.122. The van der Waals surface area contributed by atoms with Gasteiger partial charge in [-0.25, -0.2) is 13.4 Å². The average molecular weight is 589 g/mol. The molecule has 1 heterocycles. The molecule has 1 saturated carbocycles. The predicted molar refractivity (Wildman–Crippen MR) is 164 cm³/mol. The normalized spacial score (nSPS) is 14.0. The summed E-state index contributed by atoms with van der Waals surface area (Å²) >= 11 is 0. The number of hydrogen-bond donors (Lipinski definition) is 3. The smallest absolute Gasteiger partial charge is 0.247 e. The van der Waals surface area contributed by atoms with Gasteiger partial charge in [0.05, 0.1) is 22.9 Å². The van der Waals surface area contributed by atoms with Crippen LogP contribution in [0.5, 0.6) is 11.5 Å². The van der Waals surface area contributed by atoms with Crippen LogP contribution in [0.1, 0.15) is 50.8 Å². The Balaban J connectivity index is 1.47. The number of ether oxygens (including phenoxy) is 2. The van der Waals surface area contributed by atoms with Crippen LogP contribution in [0.3, 0.4) is 0 Å². The molecule has 0 aliphatic heterocycles. The summed E-state index contributed by atoms with van der Waals surface area (Å²) in [6.45, 7) is 6.24. The minimum Gasteiger partial charge on any atom is -0.490 e. The molecule has 1 amide bonds. The Morgan fingerprint density at radius 2 is 1.81 bits per heavy atom. The molecule has 9 nitrogen and oxygen atoms in total. The monoisotopic (exact) mass is 588 g/mol. The van der Waals surface area contributed by atoms with Gasteiger partial charge >= 0.3 is 0 Å². The molecule has 1 aromatic heterocycles. The average Bonchev–Trinajstić information content (AvgIpc) is 3.82. The van der Waals surface area contributed by atoms with E-state index in [1.165, 1.54) is 0 Å². The van der Waals surface area contributed by atoms with E-state index in [0.717, 1.165) is 10.8 Å². The van der Waals surface area contributed by atoms with Crippen LogP contribution in [0, 0.1) is 0 Å². The molecule has 0 spiro atoms. The van der Waals surface area contributed by atoms with Gasteiger partial charge in [0.15, 0.2) is 21.3 Å². The topological polar surface area (TPSA) is 133 Å². The molecule has 4 N–H and O–H groups in total. The quantitative estimate of drug-likeness (QED) is 0.200. The highest BCUT2D eigenvalue weighted by atomic mass is 32.2. The fourth-order valence-electron chi connectivity index (χ4n) is 4.81. The number of benzene rings is 3. The molecule has 4 aromatic rings. The molecule has 0 radical (unpaired) electrons. The number of rotatable bonds is 12. The summed E-state index contributed by atoms with van der Waals surface area (Å²) in [6, 6.07) is 18.9. The van der Waals surface area contributed by atoms with Gasteiger partial charge in [0.25, 0.3) is 0 Å². The van der Waals surface area contributed by atoms with Gasteiger partial charge in [0, 0.05) is 23.8 Å². The number of sulfone groups is 1. The zero-order chi connectivity index (χ0) is 29.9. The zero-order valence-electron chi connectivity index (χ0n) is 24.0. The predicted octanol–water partition coefficient (Wildman–Crippen LogP) is 5.41. The van der Waals surface area contributed by atoms with Crippen molar-refractivity contribution in [2.45, 2.75) is 62.4 Å². The van der Waals surface area contributed by atoms with Crippen LogP contribution in [-0.4, -0.2) is 37.3 Å². The minimum absolute atomic E-state index is 0.0567. The Bertz CT molecular complexity index is 1700. The summed E-state index contributed by atoms with van der Waals surface area (Å²) in [5, 5.41) is 7.77. The van der Waals surface area contributed by atoms with Crippen LogP contribution in [0.4, 0.5) is 11.5 Å². The summed E-state index contributed by atoms with van der Waals surface area (Å²) in [4.78, 5) is 18.3. The summed E-state index contributed by atoms with van der Waals surface area (Å²) in [5.74, 6) is 1.18. The number of nitrogens with zero attached hydrogens (tertiary/aromatic N) is 1. The molecule has 1 aliphatic rings. The Kier molecular flexibility index (Phi) is 8.54. The summed E-state index contributed by atoms with van der Waals surface area (Å²) in [7, 11) is -3.43. The first-order valence-electron chi connectivity index (χ1n) is 14.1. The second kappa shape index (κ2) is 12.3. The van der Waals surface area contributed by atoms with E-state index in [1.807, 2.05) is 45.0 Å². The lowest BCUT2D eigenvalue weighted by Gasteiger charge is -2.23. The first-order valence-corrected chi connectivity index (χ1v) is 15.6. The molecule has 10 heteroatoms. The standard InChI is InChI=1S/C32H36N4O5S/c1-4-40-28-16-21(10-14-27(28)41-20(2)3)31(36-25-11-9-22-18-34-30(33)17-24(22)15-25)32(37)35-19-23-7-5-6-8-29(23)42(38,39)26-12-13-26/h5-11,14-18,20,26,31,36H,4,12-13,19H2,1-3H3,(H2,33,34)(H,35,37). The van der Waals surface area contributed by atoms with Gasteiger partial charge in [-0.05, 0) is 86.5 Å². The maximum Gasteiger partial charge on any atom is 0.247 e. The van der Waals surface area contributed by atoms with Crippen molar-refractivity contribution in [2.75, 3.05) is 17.7 Å². The van der Waals surface area contributed by atoms with Crippen LogP contribution in [0.25, 0.3) is 10.8 Å². The molecule has 1 aliphatic carbocycles. The van der Waals surface area contributed by atoms with Gasteiger partial charge in [-0.3, -0.25) is 4.79 Å². The van der Waals surface area contributed by atoms with Gasteiger partial charge < -0.3 is 25.8 Å². The number of nitrogens with two attached hydrogens (primary N) is 1. The summed E-state index contributed by atoms with van der Waals surface area (Å²) in [5.41, 5.74) is 7.81. The highest BCUT2D eigenvalue weighted by Crippen LogP contribution is 2.36.